The number of hydrogen-bond acceptors (Lipinski definition) is 5. The molecule has 0 aliphatic rings. The molecule has 4 nitrogen and oxygen atoms in total. The van der Waals surface area contributed by atoms with Crippen molar-refractivity contribution in [1.29, 1.82) is 0 Å². The Morgan fingerprint density at radius 1 is 0.800 bits per heavy atom. The maximum Gasteiger partial charge on any atom is 0.189 e. The molecule has 0 aliphatic heterocycles. The molecular weight excluding hydrogens is 516 g/mol. The summed E-state index contributed by atoms with van der Waals surface area (Å²) in [6.07, 6.45) is 6.08. The van der Waals surface area contributed by atoms with Crippen molar-refractivity contribution in [2.24, 2.45) is 5.92 Å². The van der Waals surface area contributed by atoms with E-state index in [9.17, 15) is 4.79 Å². The number of carbonyl (C=O) groups excluding carboxylic acids is 1. The number of benzene rings is 3. The molecule has 0 amide bonds. The summed E-state index contributed by atoms with van der Waals surface area (Å²) >= 11 is 1.38. The first-order valence-electron chi connectivity index (χ1n) is 14.7. The predicted molar refractivity (Wildman–Crippen MR) is 167 cm³/mol. The summed E-state index contributed by atoms with van der Waals surface area (Å²) in [5, 5.41) is 0.0854. The first kappa shape index (κ1) is 31.9. The molecule has 0 saturated carbocycles. The van der Waals surface area contributed by atoms with Crippen molar-refractivity contribution in [3.8, 4) is 5.75 Å². The zero-order valence-electron chi connectivity index (χ0n) is 24.6. The number of thioether (sulfide) groups is 1. The molecule has 40 heavy (non-hydrogen) atoms. The number of methoxy groups -OCH3 is 1. The first-order chi connectivity index (χ1) is 19.5. The van der Waals surface area contributed by atoms with Crippen molar-refractivity contribution in [2.75, 3.05) is 26.9 Å². The number of ether oxygens (including phenoxy) is 3. The van der Waals surface area contributed by atoms with Gasteiger partial charge in [-0.1, -0.05) is 125 Å². The average Bonchev–Trinajstić information content (AvgIpc) is 2.99. The lowest BCUT2D eigenvalue weighted by atomic mass is 9.80. The van der Waals surface area contributed by atoms with Gasteiger partial charge in [0.2, 0.25) is 0 Å². The second-order valence-corrected chi connectivity index (χ2v) is 12.0. The van der Waals surface area contributed by atoms with Gasteiger partial charge in [0.25, 0.3) is 0 Å². The van der Waals surface area contributed by atoms with Crippen LogP contribution < -0.4 is 4.74 Å². The number of rotatable bonds is 18. The Morgan fingerprint density at radius 3 is 1.95 bits per heavy atom. The minimum Gasteiger partial charge on any atom is -0.497 e. The molecule has 3 aromatic carbocycles. The smallest absolute Gasteiger partial charge is 0.189 e. The van der Waals surface area contributed by atoms with Crippen LogP contribution in [0.25, 0.3) is 0 Å². The summed E-state index contributed by atoms with van der Waals surface area (Å²) < 4.78 is 18.6. The maximum atomic E-state index is 13.0. The summed E-state index contributed by atoms with van der Waals surface area (Å²) in [6, 6.07) is 28.7. The molecule has 0 heterocycles. The lowest BCUT2D eigenvalue weighted by Crippen LogP contribution is -2.36. The van der Waals surface area contributed by atoms with E-state index < -0.39 is 5.60 Å². The topological polar surface area (TPSA) is 44.8 Å². The van der Waals surface area contributed by atoms with Gasteiger partial charge in [-0.3, -0.25) is 4.79 Å². The number of hydrogen-bond donors (Lipinski definition) is 0. The quantitative estimate of drug-likeness (QED) is 0.115. The van der Waals surface area contributed by atoms with Gasteiger partial charge >= 0.3 is 0 Å². The van der Waals surface area contributed by atoms with E-state index in [1.54, 1.807) is 7.11 Å². The van der Waals surface area contributed by atoms with Gasteiger partial charge in [0.05, 0.1) is 25.6 Å². The van der Waals surface area contributed by atoms with Crippen LogP contribution in [-0.2, 0) is 19.9 Å². The van der Waals surface area contributed by atoms with Crippen molar-refractivity contribution < 1.29 is 19.0 Å². The molecule has 0 spiro atoms. The summed E-state index contributed by atoms with van der Waals surface area (Å²) in [4.78, 5) is 13.0. The van der Waals surface area contributed by atoms with E-state index in [-0.39, 0.29) is 10.4 Å². The monoisotopic (exact) mass is 562 g/mol. The Bertz CT molecular complexity index is 1060. The third kappa shape index (κ3) is 9.50. The van der Waals surface area contributed by atoms with E-state index >= 15 is 0 Å². The van der Waals surface area contributed by atoms with Gasteiger partial charge in [-0.25, -0.2) is 0 Å². The largest absolute Gasteiger partial charge is 0.497 e. The van der Waals surface area contributed by atoms with E-state index in [2.05, 4.69) is 57.2 Å². The van der Waals surface area contributed by atoms with Gasteiger partial charge < -0.3 is 14.2 Å². The fraction of sp³-hybridized carbons (Fsp3) is 0.457. The average molecular weight is 563 g/mol. The summed E-state index contributed by atoms with van der Waals surface area (Å²) in [6.45, 7) is 8.07. The minimum atomic E-state index is -0.865. The van der Waals surface area contributed by atoms with Gasteiger partial charge in [-0.05, 0) is 47.6 Å². The van der Waals surface area contributed by atoms with E-state index in [1.165, 1.54) is 31.0 Å². The molecule has 0 radical (unpaired) electrons. The Hall–Kier alpha value is -2.60. The zero-order valence-corrected chi connectivity index (χ0v) is 25.5. The molecule has 0 unspecified atom stereocenters. The highest BCUT2D eigenvalue weighted by Crippen LogP contribution is 2.41. The van der Waals surface area contributed by atoms with Crippen LogP contribution in [0.3, 0.4) is 0 Å². The van der Waals surface area contributed by atoms with Crippen LogP contribution in [0.4, 0.5) is 0 Å². The molecule has 1 atom stereocenters. The van der Waals surface area contributed by atoms with E-state index in [0.717, 1.165) is 35.3 Å². The van der Waals surface area contributed by atoms with Crippen LogP contribution in [-0.4, -0.2) is 37.3 Å². The van der Waals surface area contributed by atoms with E-state index in [4.69, 9.17) is 14.2 Å². The molecule has 0 fully saturated rings. The maximum absolute atomic E-state index is 13.0. The molecule has 5 heteroatoms. The minimum absolute atomic E-state index is 0.115. The summed E-state index contributed by atoms with van der Waals surface area (Å²) in [5.41, 5.74) is 2.19. The van der Waals surface area contributed by atoms with Gasteiger partial charge in [-0.15, -0.1) is 0 Å². The molecule has 0 saturated heterocycles. The SMILES string of the molecule is CCCCCCOC[C@@H](COC(c1ccccc1)(c1ccccc1)c1ccc(OC)cc1)SC(=O)CCC(C)C. The Labute approximate surface area is 245 Å². The molecular formula is C35H46O4S. The molecule has 3 rings (SSSR count). The van der Waals surface area contributed by atoms with Crippen LogP contribution in [0.2, 0.25) is 0 Å². The highest BCUT2D eigenvalue weighted by atomic mass is 32.2. The van der Waals surface area contributed by atoms with Crippen molar-refractivity contribution in [2.45, 2.75) is 70.1 Å². The molecule has 0 aliphatic carbocycles. The van der Waals surface area contributed by atoms with Gasteiger partial charge in [-0.2, -0.15) is 0 Å². The first-order valence-corrected chi connectivity index (χ1v) is 15.5. The van der Waals surface area contributed by atoms with Crippen LogP contribution >= 0.6 is 11.8 Å². The fourth-order valence-electron chi connectivity index (χ4n) is 4.75. The Kier molecular flexibility index (Phi) is 13.8. The Balaban J connectivity index is 1.93. The highest BCUT2D eigenvalue weighted by molar-refractivity contribution is 8.14. The summed E-state index contributed by atoms with van der Waals surface area (Å²) in [5.74, 6) is 1.28. The highest BCUT2D eigenvalue weighted by Gasteiger charge is 2.38. The van der Waals surface area contributed by atoms with Crippen molar-refractivity contribution in [3.63, 3.8) is 0 Å². The summed E-state index contributed by atoms with van der Waals surface area (Å²) in [7, 11) is 1.67. The van der Waals surface area contributed by atoms with Crippen molar-refractivity contribution in [1.82, 2.24) is 0 Å². The van der Waals surface area contributed by atoms with Crippen molar-refractivity contribution >= 4 is 16.9 Å². The predicted octanol–water partition coefficient (Wildman–Crippen LogP) is 8.67. The van der Waals surface area contributed by atoms with Crippen LogP contribution in [0, 0.1) is 5.92 Å². The van der Waals surface area contributed by atoms with Gasteiger partial charge in [0, 0.05) is 13.0 Å². The van der Waals surface area contributed by atoms with E-state index in [1.807, 2.05) is 48.5 Å². The third-order valence-electron chi connectivity index (χ3n) is 7.01. The van der Waals surface area contributed by atoms with Crippen molar-refractivity contribution in [3.05, 3.63) is 102 Å². The second kappa shape index (κ2) is 17.3. The molecule has 0 N–H and O–H groups in total. The van der Waals surface area contributed by atoms with Crippen LogP contribution in [0.5, 0.6) is 5.75 Å². The van der Waals surface area contributed by atoms with E-state index in [0.29, 0.717) is 32.2 Å². The molecule has 0 bridgehead atoms. The standard InChI is InChI=1S/C35H46O4S/c1-5-6-7-14-25-38-26-33(40-34(36)24-19-28(2)3)27-39-35(29-15-10-8-11-16-29,30-17-12-9-13-18-30)31-20-22-32(37-4)23-21-31/h8-13,15-18,20-23,28,33H,5-7,14,19,24-27H2,1-4H3/t33-/m0/s1. The lowest BCUT2D eigenvalue weighted by Gasteiger charge is -2.37. The molecule has 216 valence electrons. The molecule has 3 aromatic rings. The number of carbonyl (C=O) groups is 1. The number of unbranched alkanes of at least 4 members (excludes halogenated alkanes) is 3. The van der Waals surface area contributed by atoms with Gasteiger partial charge in [0.1, 0.15) is 11.4 Å². The van der Waals surface area contributed by atoms with Crippen LogP contribution in [0.1, 0.15) is 76.0 Å². The third-order valence-corrected chi connectivity index (χ3v) is 8.09. The fourth-order valence-corrected chi connectivity index (χ4v) is 5.66. The zero-order chi connectivity index (χ0) is 28.6. The van der Waals surface area contributed by atoms with Crippen LogP contribution in [0.15, 0.2) is 84.9 Å². The Morgan fingerprint density at radius 2 is 1.40 bits per heavy atom. The lowest BCUT2D eigenvalue weighted by molar-refractivity contribution is -0.111. The molecule has 0 aromatic heterocycles. The second-order valence-electron chi connectivity index (χ2n) is 10.6. The normalized spacial score (nSPS) is 12.4. The van der Waals surface area contributed by atoms with Gasteiger partial charge in [0.15, 0.2) is 5.12 Å².